The standard InChI is InChI=1S/C23H20ClF3N2O6S/c1-33-16-6-8-19(21(11-16)34-2)28-22(30)13-35-20-9-7-17(12-18(20)24)36(31,32)29-15-5-3-4-14(10-15)23(25,26)27/h3-12,29H,13H2,1-2H3,(H,28,30). The summed E-state index contributed by atoms with van der Waals surface area (Å²) < 4.78 is 81.7. The van der Waals surface area contributed by atoms with Crippen molar-refractivity contribution in [3.63, 3.8) is 0 Å². The molecule has 1 amide bonds. The van der Waals surface area contributed by atoms with Gasteiger partial charge in [-0.1, -0.05) is 17.7 Å². The van der Waals surface area contributed by atoms with Gasteiger partial charge in [0, 0.05) is 11.8 Å². The maximum atomic E-state index is 12.9. The maximum Gasteiger partial charge on any atom is 0.416 e. The van der Waals surface area contributed by atoms with Crippen LogP contribution in [-0.2, 0) is 21.0 Å². The monoisotopic (exact) mass is 544 g/mol. The van der Waals surface area contributed by atoms with Gasteiger partial charge in [0.2, 0.25) is 0 Å². The normalized spacial score (nSPS) is 11.5. The van der Waals surface area contributed by atoms with Crippen molar-refractivity contribution in [3.05, 3.63) is 71.2 Å². The first-order valence-electron chi connectivity index (χ1n) is 10.1. The molecule has 13 heteroatoms. The summed E-state index contributed by atoms with van der Waals surface area (Å²) in [4.78, 5) is 12.0. The Kier molecular flexibility index (Phi) is 8.21. The maximum absolute atomic E-state index is 12.9. The fourth-order valence-corrected chi connectivity index (χ4v) is 4.35. The van der Waals surface area contributed by atoms with Gasteiger partial charge in [-0.25, -0.2) is 8.42 Å². The van der Waals surface area contributed by atoms with Crippen molar-refractivity contribution in [2.75, 3.05) is 30.9 Å². The van der Waals surface area contributed by atoms with Crippen molar-refractivity contribution in [1.29, 1.82) is 0 Å². The molecule has 0 bridgehead atoms. The fourth-order valence-electron chi connectivity index (χ4n) is 2.97. The molecule has 36 heavy (non-hydrogen) atoms. The molecule has 0 saturated heterocycles. The van der Waals surface area contributed by atoms with Gasteiger partial charge in [-0.3, -0.25) is 9.52 Å². The molecule has 0 fully saturated rings. The van der Waals surface area contributed by atoms with Crippen LogP contribution in [0, 0.1) is 0 Å². The summed E-state index contributed by atoms with van der Waals surface area (Å²) in [6.45, 7) is -0.455. The predicted octanol–water partition coefficient (Wildman–Crippen LogP) is 5.19. The first-order valence-corrected chi connectivity index (χ1v) is 11.9. The number of carbonyl (C=O) groups excluding carboxylic acids is 1. The molecule has 0 aliphatic carbocycles. The number of anilines is 2. The zero-order valence-corrected chi connectivity index (χ0v) is 20.4. The van der Waals surface area contributed by atoms with E-state index < -0.39 is 34.3 Å². The number of carbonyl (C=O) groups is 1. The van der Waals surface area contributed by atoms with E-state index >= 15 is 0 Å². The highest BCUT2D eigenvalue weighted by molar-refractivity contribution is 7.92. The first kappa shape index (κ1) is 27.0. The molecule has 0 unspecified atom stereocenters. The highest BCUT2D eigenvalue weighted by Crippen LogP contribution is 2.33. The topological polar surface area (TPSA) is 103 Å². The number of sulfonamides is 1. The number of ether oxygens (including phenoxy) is 3. The molecular weight excluding hydrogens is 525 g/mol. The zero-order chi connectivity index (χ0) is 26.5. The Hall–Kier alpha value is -3.64. The van der Waals surface area contributed by atoms with Gasteiger partial charge in [0.25, 0.3) is 15.9 Å². The number of hydrogen-bond donors (Lipinski definition) is 2. The Labute approximate surface area is 210 Å². The van der Waals surface area contributed by atoms with E-state index in [1.165, 1.54) is 26.4 Å². The smallest absolute Gasteiger partial charge is 0.416 e. The largest absolute Gasteiger partial charge is 0.497 e. The summed E-state index contributed by atoms with van der Waals surface area (Å²) in [6.07, 6.45) is -4.63. The molecule has 0 aliphatic rings. The number of benzene rings is 3. The minimum atomic E-state index is -4.63. The van der Waals surface area contributed by atoms with E-state index in [4.69, 9.17) is 25.8 Å². The average molecular weight is 545 g/mol. The molecule has 0 radical (unpaired) electrons. The summed E-state index contributed by atoms with van der Waals surface area (Å²) in [6, 6.07) is 12.0. The molecule has 3 aromatic rings. The number of nitrogens with one attached hydrogen (secondary N) is 2. The molecule has 0 heterocycles. The highest BCUT2D eigenvalue weighted by atomic mass is 35.5. The highest BCUT2D eigenvalue weighted by Gasteiger charge is 2.30. The van der Waals surface area contributed by atoms with Crippen molar-refractivity contribution in [2.45, 2.75) is 11.1 Å². The number of amides is 1. The Morgan fingerprint density at radius 3 is 2.36 bits per heavy atom. The van der Waals surface area contributed by atoms with Crippen LogP contribution in [0.3, 0.4) is 0 Å². The van der Waals surface area contributed by atoms with E-state index in [1.54, 1.807) is 18.2 Å². The third-order valence-corrected chi connectivity index (χ3v) is 6.37. The van der Waals surface area contributed by atoms with Crippen molar-refractivity contribution < 1.29 is 40.6 Å². The van der Waals surface area contributed by atoms with Crippen molar-refractivity contribution in [1.82, 2.24) is 0 Å². The second-order valence-corrected chi connectivity index (χ2v) is 9.27. The number of halogens is 4. The molecule has 2 N–H and O–H groups in total. The fraction of sp³-hybridized carbons (Fsp3) is 0.174. The number of hydrogen-bond acceptors (Lipinski definition) is 6. The molecule has 3 aromatic carbocycles. The van der Waals surface area contributed by atoms with Crippen LogP contribution in [-0.4, -0.2) is 35.2 Å². The van der Waals surface area contributed by atoms with Gasteiger partial charge in [0.05, 0.1) is 35.4 Å². The van der Waals surface area contributed by atoms with Crippen molar-refractivity contribution >= 4 is 38.9 Å². The van der Waals surface area contributed by atoms with Crippen LogP contribution >= 0.6 is 11.6 Å². The van der Waals surface area contributed by atoms with E-state index in [1.807, 2.05) is 0 Å². The molecule has 3 rings (SSSR count). The molecular formula is C23H20ClF3N2O6S. The number of rotatable bonds is 9. The molecule has 0 spiro atoms. The van der Waals surface area contributed by atoms with Gasteiger partial charge >= 0.3 is 6.18 Å². The lowest BCUT2D eigenvalue weighted by atomic mass is 10.2. The lowest BCUT2D eigenvalue weighted by molar-refractivity contribution is -0.137. The third kappa shape index (κ3) is 6.73. The van der Waals surface area contributed by atoms with Gasteiger partial charge in [0.15, 0.2) is 6.61 Å². The minimum absolute atomic E-state index is 0.0199. The lowest BCUT2D eigenvalue weighted by Crippen LogP contribution is -2.20. The predicted molar refractivity (Wildman–Crippen MR) is 127 cm³/mol. The Morgan fingerprint density at radius 2 is 1.72 bits per heavy atom. The van der Waals surface area contributed by atoms with Gasteiger partial charge in [-0.2, -0.15) is 13.2 Å². The Bertz CT molecular complexity index is 1370. The molecule has 0 aliphatic heterocycles. The molecule has 0 aromatic heterocycles. The second-order valence-electron chi connectivity index (χ2n) is 7.18. The molecule has 0 atom stereocenters. The van der Waals surface area contributed by atoms with Crippen LogP contribution in [0.1, 0.15) is 5.56 Å². The average Bonchev–Trinajstić information content (AvgIpc) is 2.82. The van der Waals surface area contributed by atoms with E-state index in [0.717, 1.165) is 24.3 Å². The molecule has 192 valence electrons. The van der Waals surface area contributed by atoms with E-state index in [-0.39, 0.29) is 21.4 Å². The van der Waals surface area contributed by atoms with E-state index in [9.17, 15) is 26.4 Å². The van der Waals surface area contributed by atoms with Crippen LogP contribution in [0.25, 0.3) is 0 Å². The summed E-state index contributed by atoms with van der Waals surface area (Å²) in [5.41, 5.74) is -0.901. The quantitative estimate of drug-likeness (QED) is 0.384. The minimum Gasteiger partial charge on any atom is -0.497 e. The molecule has 0 saturated carbocycles. The first-order chi connectivity index (χ1) is 16.9. The van der Waals surface area contributed by atoms with Crippen LogP contribution in [0.5, 0.6) is 17.2 Å². The number of methoxy groups -OCH3 is 2. The summed E-state index contributed by atoms with van der Waals surface area (Å²) >= 11 is 6.12. The summed E-state index contributed by atoms with van der Waals surface area (Å²) in [5.74, 6) is 0.373. The lowest BCUT2D eigenvalue weighted by Gasteiger charge is -2.14. The Balaban J connectivity index is 1.67. The second kappa shape index (κ2) is 11.0. The van der Waals surface area contributed by atoms with Crippen LogP contribution in [0.4, 0.5) is 24.5 Å². The Morgan fingerprint density at radius 1 is 0.972 bits per heavy atom. The van der Waals surface area contributed by atoms with E-state index in [2.05, 4.69) is 10.0 Å². The van der Waals surface area contributed by atoms with E-state index in [0.29, 0.717) is 23.3 Å². The van der Waals surface area contributed by atoms with Crippen LogP contribution in [0.15, 0.2) is 65.6 Å². The summed E-state index contributed by atoms with van der Waals surface area (Å²) in [5, 5.41) is 2.48. The van der Waals surface area contributed by atoms with Gasteiger partial charge in [-0.15, -0.1) is 0 Å². The molecule has 8 nitrogen and oxygen atoms in total. The van der Waals surface area contributed by atoms with Gasteiger partial charge in [0.1, 0.15) is 17.2 Å². The third-order valence-electron chi connectivity index (χ3n) is 4.70. The summed E-state index contributed by atoms with van der Waals surface area (Å²) in [7, 11) is -1.34. The van der Waals surface area contributed by atoms with Crippen LogP contribution in [0.2, 0.25) is 5.02 Å². The SMILES string of the molecule is COc1ccc(NC(=O)COc2ccc(S(=O)(=O)Nc3cccc(C(F)(F)F)c3)cc2Cl)c(OC)c1. The number of alkyl halides is 3. The van der Waals surface area contributed by atoms with Gasteiger partial charge < -0.3 is 19.5 Å². The van der Waals surface area contributed by atoms with Crippen molar-refractivity contribution in [2.24, 2.45) is 0 Å². The zero-order valence-electron chi connectivity index (χ0n) is 18.9. The van der Waals surface area contributed by atoms with Gasteiger partial charge in [-0.05, 0) is 48.5 Å². The van der Waals surface area contributed by atoms with Crippen molar-refractivity contribution in [3.8, 4) is 17.2 Å². The van der Waals surface area contributed by atoms with Crippen LogP contribution < -0.4 is 24.2 Å².